The molecule has 0 bridgehead atoms. The number of hydrogen-bond donors (Lipinski definition) is 1. The number of aromatic nitrogens is 2. The summed E-state index contributed by atoms with van der Waals surface area (Å²) in [6.07, 6.45) is 4.15. The van der Waals surface area contributed by atoms with E-state index in [1.54, 1.807) is 42.9 Å². The number of carbonyl (C=O) groups is 1. The Labute approximate surface area is 217 Å². The number of aryl methyl sites for hydroxylation is 2. The maximum atomic E-state index is 13.2. The molecule has 0 aliphatic carbocycles. The molecule has 0 amide bonds. The minimum atomic E-state index is -4.05. The molecule has 1 heterocycles. The largest absolute Gasteiger partial charge is 0.507 e. The van der Waals surface area contributed by atoms with E-state index in [9.17, 15) is 18.3 Å². The lowest BCUT2D eigenvalue weighted by atomic mass is 9.92. The highest BCUT2D eigenvalue weighted by Crippen LogP contribution is 2.36. The van der Waals surface area contributed by atoms with Gasteiger partial charge in [-0.1, -0.05) is 42.8 Å². The van der Waals surface area contributed by atoms with Gasteiger partial charge in [0, 0.05) is 29.6 Å². The van der Waals surface area contributed by atoms with E-state index >= 15 is 0 Å². The van der Waals surface area contributed by atoms with Gasteiger partial charge in [0.2, 0.25) is 5.78 Å². The maximum Gasteiger partial charge on any atom is 0.339 e. The van der Waals surface area contributed by atoms with Crippen molar-refractivity contribution in [3.05, 3.63) is 101 Å². The van der Waals surface area contributed by atoms with Crippen molar-refractivity contribution >= 4 is 15.9 Å². The topological polar surface area (TPSA) is 98.5 Å². The van der Waals surface area contributed by atoms with Gasteiger partial charge in [-0.2, -0.15) is 8.42 Å². The number of imidazole rings is 1. The fourth-order valence-corrected chi connectivity index (χ4v) is 5.17. The van der Waals surface area contributed by atoms with Crippen molar-refractivity contribution in [1.29, 1.82) is 0 Å². The van der Waals surface area contributed by atoms with Crippen LogP contribution in [-0.4, -0.2) is 28.9 Å². The summed E-state index contributed by atoms with van der Waals surface area (Å²) in [5, 5.41) is 10.8. The molecule has 37 heavy (non-hydrogen) atoms. The first kappa shape index (κ1) is 26.2. The van der Waals surface area contributed by atoms with E-state index in [2.05, 4.69) is 4.98 Å². The quantitative estimate of drug-likeness (QED) is 0.225. The standard InChI is InChI=1S/C29H30N2O5S/c1-19-10-13-24(14-11-19)37(34,35)36-26-18-21(3)27(32)25(22(26)4)15-12-20(2)28(33)29-30-16-17-31(29)23-8-6-5-7-9-23/h5-11,13-14,16-18,20,32H,12,15H2,1-4H3. The normalized spacial score (nSPS) is 12.3. The lowest BCUT2D eigenvalue weighted by Crippen LogP contribution is -2.17. The first-order valence-corrected chi connectivity index (χ1v) is 13.5. The van der Waals surface area contributed by atoms with Gasteiger partial charge < -0.3 is 9.29 Å². The molecule has 4 aromatic rings. The zero-order chi connectivity index (χ0) is 26.7. The fraction of sp³-hybridized carbons (Fsp3) is 0.241. The van der Waals surface area contributed by atoms with Gasteiger partial charge in [-0.25, -0.2) is 4.98 Å². The van der Waals surface area contributed by atoms with Gasteiger partial charge in [0.15, 0.2) is 5.82 Å². The number of phenols is 1. The summed E-state index contributed by atoms with van der Waals surface area (Å²) >= 11 is 0. The zero-order valence-electron chi connectivity index (χ0n) is 21.3. The Bertz CT molecular complexity index is 1520. The van der Waals surface area contributed by atoms with Crippen molar-refractivity contribution in [2.24, 2.45) is 5.92 Å². The van der Waals surface area contributed by atoms with Crippen LogP contribution >= 0.6 is 0 Å². The Hall–Kier alpha value is -3.91. The summed E-state index contributed by atoms with van der Waals surface area (Å²) < 4.78 is 33.0. The van der Waals surface area contributed by atoms with Gasteiger partial charge in [0.1, 0.15) is 16.4 Å². The van der Waals surface area contributed by atoms with Gasteiger partial charge >= 0.3 is 10.1 Å². The third kappa shape index (κ3) is 5.59. The van der Waals surface area contributed by atoms with Crippen molar-refractivity contribution in [2.45, 2.75) is 45.4 Å². The summed E-state index contributed by atoms with van der Waals surface area (Å²) in [6.45, 7) is 7.10. The highest BCUT2D eigenvalue weighted by Gasteiger charge is 2.24. The van der Waals surface area contributed by atoms with Crippen LogP contribution in [0.3, 0.4) is 0 Å². The first-order chi connectivity index (χ1) is 17.6. The lowest BCUT2D eigenvalue weighted by Gasteiger charge is -2.18. The number of phenolic OH excluding ortho intramolecular Hbond substituents is 1. The van der Waals surface area contributed by atoms with Crippen LogP contribution < -0.4 is 4.18 Å². The van der Waals surface area contributed by atoms with E-state index in [-0.39, 0.29) is 28.1 Å². The van der Waals surface area contributed by atoms with Gasteiger partial charge in [0.25, 0.3) is 0 Å². The van der Waals surface area contributed by atoms with Crippen LogP contribution in [0.25, 0.3) is 5.69 Å². The van der Waals surface area contributed by atoms with Crippen LogP contribution in [0, 0.1) is 26.7 Å². The first-order valence-electron chi connectivity index (χ1n) is 12.0. The predicted octanol–water partition coefficient (Wildman–Crippen LogP) is 5.72. The number of para-hydroxylation sites is 1. The molecule has 0 radical (unpaired) electrons. The van der Waals surface area contributed by atoms with Crippen molar-refractivity contribution in [3.63, 3.8) is 0 Å². The molecule has 3 aromatic carbocycles. The molecule has 1 unspecified atom stereocenters. The van der Waals surface area contributed by atoms with Crippen molar-refractivity contribution in [1.82, 2.24) is 9.55 Å². The number of carbonyl (C=O) groups excluding carboxylic acids is 1. The lowest BCUT2D eigenvalue weighted by molar-refractivity contribution is 0.0912. The van der Waals surface area contributed by atoms with E-state index < -0.39 is 10.1 Å². The van der Waals surface area contributed by atoms with Gasteiger partial charge in [0.05, 0.1) is 0 Å². The van der Waals surface area contributed by atoms with Crippen LogP contribution in [0.15, 0.2) is 78.0 Å². The molecule has 8 heteroatoms. The smallest absolute Gasteiger partial charge is 0.339 e. The van der Waals surface area contributed by atoms with Crippen molar-refractivity contribution in [3.8, 4) is 17.2 Å². The van der Waals surface area contributed by atoms with Crippen molar-refractivity contribution < 1.29 is 22.5 Å². The molecule has 0 spiro atoms. The molecule has 0 saturated heterocycles. The fourth-order valence-electron chi connectivity index (χ4n) is 4.20. The second-order valence-corrected chi connectivity index (χ2v) is 10.8. The molecular weight excluding hydrogens is 488 g/mol. The van der Waals surface area contributed by atoms with Crippen molar-refractivity contribution in [2.75, 3.05) is 0 Å². The van der Waals surface area contributed by atoms with Gasteiger partial charge in [-0.3, -0.25) is 9.36 Å². The molecule has 0 aliphatic rings. The minimum absolute atomic E-state index is 0.0536. The number of benzene rings is 3. The SMILES string of the molecule is Cc1ccc(S(=O)(=O)Oc2cc(C)c(O)c(CCC(C)C(=O)c3nccn3-c3ccccc3)c2C)cc1. The van der Waals surface area contributed by atoms with E-state index in [0.717, 1.165) is 11.3 Å². The Balaban J connectivity index is 1.54. The molecule has 1 N–H and O–H groups in total. The molecule has 0 aliphatic heterocycles. The molecule has 1 atom stereocenters. The summed E-state index contributed by atoms with van der Waals surface area (Å²) in [5.74, 6) is 0.0755. The van der Waals surface area contributed by atoms with Crippen LogP contribution in [0.1, 0.15) is 46.2 Å². The average molecular weight is 519 g/mol. The number of nitrogens with zero attached hydrogens (tertiary/aromatic N) is 2. The summed E-state index contributed by atoms with van der Waals surface area (Å²) in [6, 6.07) is 17.4. The van der Waals surface area contributed by atoms with E-state index in [0.29, 0.717) is 35.4 Å². The zero-order valence-corrected chi connectivity index (χ0v) is 22.1. The Morgan fingerprint density at radius 2 is 1.73 bits per heavy atom. The minimum Gasteiger partial charge on any atom is -0.507 e. The molecule has 0 saturated carbocycles. The summed E-state index contributed by atoms with van der Waals surface area (Å²) in [4.78, 5) is 17.6. The highest BCUT2D eigenvalue weighted by atomic mass is 32.2. The van der Waals surface area contributed by atoms with Crippen LogP contribution in [0.4, 0.5) is 0 Å². The number of aromatic hydroxyl groups is 1. The number of rotatable bonds is 9. The van der Waals surface area contributed by atoms with E-state index in [1.165, 1.54) is 18.2 Å². The third-order valence-electron chi connectivity index (χ3n) is 6.51. The van der Waals surface area contributed by atoms with Crippen LogP contribution in [0.5, 0.6) is 11.5 Å². The molecule has 0 fully saturated rings. The van der Waals surface area contributed by atoms with Crippen LogP contribution in [0.2, 0.25) is 0 Å². The maximum absolute atomic E-state index is 13.2. The molecular formula is C29H30N2O5S. The third-order valence-corrected chi connectivity index (χ3v) is 7.76. The Morgan fingerprint density at radius 3 is 2.41 bits per heavy atom. The number of ketones is 1. The molecule has 192 valence electrons. The molecule has 4 rings (SSSR count). The van der Waals surface area contributed by atoms with Gasteiger partial charge in [-0.15, -0.1) is 0 Å². The van der Waals surface area contributed by atoms with E-state index in [1.807, 2.05) is 44.2 Å². The highest BCUT2D eigenvalue weighted by molar-refractivity contribution is 7.87. The molecule has 1 aromatic heterocycles. The summed E-state index contributed by atoms with van der Waals surface area (Å²) in [7, 11) is -4.05. The Kier molecular flexibility index (Phi) is 7.50. The second kappa shape index (κ2) is 10.6. The number of hydrogen-bond acceptors (Lipinski definition) is 6. The summed E-state index contributed by atoms with van der Waals surface area (Å²) in [5.41, 5.74) is 3.35. The Morgan fingerprint density at radius 1 is 1.05 bits per heavy atom. The monoisotopic (exact) mass is 518 g/mol. The number of Topliss-reactive ketones (excluding diaryl/α,β-unsaturated/α-hetero) is 1. The molecule has 7 nitrogen and oxygen atoms in total. The predicted molar refractivity (Wildman–Crippen MR) is 142 cm³/mol. The average Bonchev–Trinajstić information content (AvgIpc) is 3.37. The van der Waals surface area contributed by atoms with Crippen LogP contribution in [-0.2, 0) is 16.5 Å². The second-order valence-electron chi connectivity index (χ2n) is 9.25. The van der Waals surface area contributed by atoms with E-state index in [4.69, 9.17) is 4.18 Å². The van der Waals surface area contributed by atoms with Gasteiger partial charge in [-0.05, 0) is 75.1 Å².